The van der Waals surface area contributed by atoms with Gasteiger partial charge in [-0.2, -0.15) is 0 Å². The second-order valence-electron chi connectivity index (χ2n) is 1.98. The molecular weight excluding hydrogens is 206 g/mol. The smallest absolute Gasteiger partial charge is 0.138 e. The van der Waals surface area contributed by atoms with Crippen LogP contribution < -0.4 is 0 Å². The van der Waals surface area contributed by atoms with E-state index in [0.29, 0.717) is 15.9 Å². The van der Waals surface area contributed by atoms with Crippen LogP contribution in [0.5, 0.6) is 0 Å². The molecule has 0 saturated heterocycles. The monoisotopic (exact) mass is 210 g/mol. The Bertz CT molecular complexity index is 242. The Balaban J connectivity index is 3.21. The minimum Gasteiger partial charge on any atom is -0.224 e. The molecule has 1 aromatic rings. The van der Waals surface area contributed by atoms with E-state index in [1.54, 1.807) is 6.92 Å². The molecule has 0 N–H and O–H groups in total. The van der Waals surface area contributed by atoms with Gasteiger partial charge in [-0.1, -0.05) is 23.2 Å². The van der Waals surface area contributed by atoms with Gasteiger partial charge in [0, 0.05) is 5.56 Å². The van der Waals surface area contributed by atoms with Crippen LogP contribution in [0, 0.1) is 0 Å². The third kappa shape index (κ3) is 1.95. The number of hydrogen-bond acceptors (Lipinski definition) is 2. The molecule has 0 aromatic carbocycles. The molecule has 0 aliphatic heterocycles. The second kappa shape index (κ2) is 3.57. The highest BCUT2D eigenvalue weighted by atomic mass is 35.5. The Morgan fingerprint density at radius 2 is 1.73 bits per heavy atom. The van der Waals surface area contributed by atoms with E-state index in [0.717, 1.165) is 0 Å². The Hall–Kier alpha value is -0.0500. The first-order valence-corrected chi connectivity index (χ1v) is 4.12. The maximum atomic E-state index is 5.76. The van der Waals surface area contributed by atoms with E-state index in [1.807, 2.05) is 0 Å². The standard InChI is InChI=1S/C6H5Cl3N2/c1-3(7)4-5(8)10-2-11-6(4)9/h2-3H,1H3. The molecule has 5 heteroatoms. The van der Waals surface area contributed by atoms with E-state index in [2.05, 4.69) is 9.97 Å². The molecule has 1 aromatic heterocycles. The molecule has 60 valence electrons. The molecule has 1 unspecified atom stereocenters. The minimum absolute atomic E-state index is 0.267. The summed E-state index contributed by atoms with van der Waals surface area (Å²) < 4.78 is 0. The molecule has 0 saturated carbocycles. The van der Waals surface area contributed by atoms with Crippen molar-refractivity contribution in [1.29, 1.82) is 0 Å². The van der Waals surface area contributed by atoms with Crippen molar-refractivity contribution in [3.63, 3.8) is 0 Å². The van der Waals surface area contributed by atoms with Crippen molar-refractivity contribution in [3.8, 4) is 0 Å². The molecular formula is C6H5Cl3N2. The van der Waals surface area contributed by atoms with Crippen molar-refractivity contribution in [2.75, 3.05) is 0 Å². The van der Waals surface area contributed by atoms with Gasteiger partial charge in [0.15, 0.2) is 0 Å². The molecule has 1 atom stereocenters. The zero-order valence-corrected chi connectivity index (χ0v) is 7.95. The second-order valence-corrected chi connectivity index (χ2v) is 3.36. The van der Waals surface area contributed by atoms with Gasteiger partial charge in [-0.3, -0.25) is 0 Å². The lowest BCUT2D eigenvalue weighted by Crippen LogP contribution is -1.93. The Labute approximate surface area is 79.5 Å². The zero-order valence-electron chi connectivity index (χ0n) is 5.68. The number of rotatable bonds is 1. The van der Waals surface area contributed by atoms with E-state index in [-0.39, 0.29) is 5.38 Å². The van der Waals surface area contributed by atoms with Crippen LogP contribution >= 0.6 is 34.8 Å². The topological polar surface area (TPSA) is 25.8 Å². The van der Waals surface area contributed by atoms with Crippen molar-refractivity contribution < 1.29 is 0 Å². The average Bonchev–Trinajstić information content (AvgIpc) is 1.85. The fourth-order valence-electron chi connectivity index (χ4n) is 0.683. The van der Waals surface area contributed by atoms with Crippen LogP contribution in [0.2, 0.25) is 10.3 Å². The SMILES string of the molecule is CC(Cl)c1c(Cl)ncnc1Cl. The molecule has 0 bridgehead atoms. The summed E-state index contributed by atoms with van der Waals surface area (Å²) in [6.07, 6.45) is 1.30. The van der Waals surface area contributed by atoms with Gasteiger partial charge in [-0.15, -0.1) is 11.6 Å². The number of aromatic nitrogens is 2. The highest BCUT2D eigenvalue weighted by molar-refractivity contribution is 6.36. The summed E-state index contributed by atoms with van der Waals surface area (Å²) in [6.45, 7) is 1.76. The summed E-state index contributed by atoms with van der Waals surface area (Å²) in [7, 11) is 0. The van der Waals surface area contributed by atoms with Crippen LogP contribution in [0.1, 0.15) is 17.9 Å². The summed E-state index contributed by atoms with van der Waals surface area (Å²) in [5.41, 5.74) is 0.581. The van der Waals surface area contributed by atoms with Gasteiger partial charge in [0.05, 0.1) is 5.38 Å². The highest BCUT2D eigenvalue weighted by Crippen LogP contribution is 2.30. The van der Waals surface area contributed by atoms with Crippen LogP contribution in [0.3, 0.4) is 0 Å². The van der Waals surface area contributed by atoms with Crippen LogP contribution in [-0.4, -0.2) is 9.97 Å². The lowest BCUT2D eigenvalue weighted by Gasteiger charge is -2.05. The molecule has 0 fully saturated rings. The maximum absolute atomic E-state index is 5.76. The first kappa shape index (κ1) is 9.04. The summed E-state index contributed by atoms with van der Waals surface area (Å²) >= 11 is 17.2. The van der Waals surface area contributed by atoms with Crippen molar-refractivity contribution in [2.45, 2.75) is 12.3 Å². The third-order valence-electron chi connectivity index (χ3n) is 1.18. The van der Waals surface area contributed by atoms with Gasteiger partial charge >= 0.3 is 0 Å². The molecule has 1 heterocycles. The van der Waals surface area contributed by atoms with Gasteiger partial charge in [0.25, 0.3) is 0 Å². The largest absolute Gasteiger partial charge is 0.224 e. The van der Waals surface area contributed by atoms with Crippen LogP contribution in [-0.2, 0) is 0 Å². The molecule has 0 amide bonds. The first-order valence-electron chi connectivity index (χ1n) is 2.93. The molecule has 0 aliphatic carbocycles. The molecule has 0 spiro atoms. The van der Waals surface area contributed by atoms with Gasteiger partial charge in [0.1, 0.15) is 16.6 Å². The molecule has 0 radical (unpaired) electrons. The van der Waals surface area contributed by atoms with Crippen molar-refractivity contribution in [3.05, 3.63) is 22.2 Å². The highest BCUT2D eigenvalue weighted by Gasteiger charge is 2.12. The number of alkyl halides is 1. The molecule has 1 rings (SSSR count). The van der Waals surface area contributed by atoms with Crippen LogP contribution in [0.4, 0.5) is 0 Å². The normalized spacial score (nSPS) is 13.1. The van der Waals surface area contributed by atoms with E-state index in [4.69, 9.17) is 34.8 Å². The minimum atomic E-state index is -0.267. The summed E-state index contributed by atoms with van der Waals surface area (Å²) in [5, 5.41) is 0.358. The molecule has 11 heavy (non-hydrogen) atoms. The fraction of sp³-hybridized carbons (Fsp3) is 0.333. The van der Waals surface area contributed by atoms with Gasteiger partial charge < -0.3 is 0 Å². The summed E-state index contributed by atoms with van der Waals surface area (Å²) in [5.74, 6) is 0. The summed E-state index contributed by atoms with van der Waals surface area (Å²) in [6, 6.07) is 0. The third-order valence-corrected chi connectivity index (χ3v) is 2.01. The van der Waals surface area contributed by atoms with Crippen molar-refractivity contribution in [1.82, 2.24) is 9.97 Å². The number of halogens is 3. The predicted octanol–water partition coefficient (Wildman–Crippen LogP) is 3.08. The quantitative estimate of drug-likeness (QED) is 0.527. The lowest BCUT2D eigenvalue weighted by molar-refractivity contribution is 1.01. The van der Waals surface area contributed by atoms with E-state index in [1.165, 1.54) is 6.33 Å². The van der Waals surface area contributed by atoms with E-state index >= 15 is 0 Å². The Kier molecular flexibility index (Phi) is 2.93. The Morgan fingerprint density at radius 1 is 1.27 bits per heavy atom. The van der Waals surface area contributed by atoms with Gasteiger partial charge in [0.2, 0.25) is 0 Å². The number of nitrogens with zero attached hydrogens (tertiary/aromatic N) is 2. The number of hydrogen-bond donors (Lipinski definition) is 0. The molecule has 2 nitrogen and oxygen atoms in total. The van der Waals surface area contributed by atoms with Crippen molar-refractivity contribution >= 4 is 34.8 Å². The maximum Gasteiger partial charge on any atom is 0.138 e. The van der Waals surface area contributed by atoms with Gasteiger partial charge in [-0.05, 0) is 6.92 Å². The average molecular weight is 211 g/mol. The van der Waals surface area contributed by atoms with Crippen molar-refractivity contribution in [2.24, 2.45) is 0 Å². The van der Waals surface area contributed by atoms with E-state index < -0.39 is 0 Å². The van der Waals surface area contributed by atoms with E-state index in [9.17, 15) is 0 Å². The van der Waals surface area contributed by atoms with Gasteiger partial charge in [-0.25, -0.2) is 9.97 Å². The lowest BCUT2D eigenvalue weighted by atomic mass is 10.3. The predicted molar refractivity (Wildman–Crippen MR) is 46.3 cm³/mol. The van der Waals surface area contributed by atoms with Crippen LogP contribution in [0.25, 0.3) is 0 Å². The zero-order chi connectivity index (χ0) is 8.43. The Morgan fingerprint density at radius 3 is 2.00 bits per heavy atom. The first-order chi connectivity index (χ1) is 5.13. The summed E-state index contributed by atoms with van der Waals surface area (Å²) in [4.78, 5) is 7.49. The fourth-order valence-corrected chi connectivity index (χ4v) is 1.64. The van der Waals surface area contributed by atoms with Crippen LogP contribution in [0.15, 0.2) is 6.33 Å². The molecule has 0 aliphatic rings.